The molecule has 0 N–H and O–H groups in total. The van der Waals surface area contributed by atoms with E-state index in [-0.39, 0.29) is 11.6 Å². The van der Waals surface area contributed by atoms with E-state index in [2.05, 4.69) is 16.9 Å². The standard InChI is InChI=1S/C25H23N5O3/c1-4-19-17-11-24(31)29(2)14-23(17)30(28-19)22-7-5-6-15-10-21(27-13-18(15)22)16-8-9-20(26-12-16)25(32)33-3/h5-10,12-13H,4,11,14H2,1-3H3. The number of hydrogen-bond acceptors (Lipinski definition) is 6. The van der Waals surface area contributed by atoms with E-state index in [9.17, 15) is 9.59 Å². The Bertz CT molecular complexity index is 1390. The molecular formula is C25H23N5O3. The highest BCUT2D eigenvalue weighted by molar-refractivity contribution is 5.92. The van der Waals surface area contributed by atoms with Gasteiger partial charge < -0.3 is 9.64 Å². The third kappa shape index (κ3) is 3.53. The number of carbonyl (C=O) groups excluding carboxylic acids is 2. The molecular weight excluding hydrogens is 418 g/mol. The van der Waals surface area contributed by atoms with E-state index in [4.69, 9.17) is 9.84 Å². The summed E-state index contributed by atoms with van der Waals surface area (Å²) < 4.78 is 6.68. The maximum Gasteiger partial charge on any atom is 0.356 e. The first kappa shape index (κ1) is 20.8. The molecule has 0 saturated carbocycles. The van der Waals surface area contributed by atoms with Crippen LogP contribution in [-0.2, 0) is 28.9 Å². The largest absolute Gasteiger partial charge is 0.464 e. The topological polar surface area (TPSA) is 90.2 Å². The summed E-state index contributed by atoms with van der Waals surface area (Å²) in [5.74, 6) is -0.355. The number of rotatable bonds is 4. The Labute approximate surface area is 190 Å². The molecule has 0 spiro atoms. The van der Waals surface area contributed by atoms with Gasteiger partial charge in [0.05, 0.1) is 42.8 Å². The number of benzene rings is 1. The van der Waals surface area contributed by atoms with Crippen molar-refractivity contribution in [2.45, 2.75) is 26.3 Å². The third-order valence-electron chi connectivity index (χ3n) is 6.07. The van der Waals surface area contributed by atoms with Crippen LogP contribution in [0, 0.1) is 0 Å². The summed E-state index contributed by atoms with van der Waals surface area (Å²) in [4.78, 5) is 34.5. The van der Waals surface area contributed by atoms with Crippen LogP contribution in [-0.4, -0.2) is 50.7 Å². The lowest BCUT2D eigenvalue weighted by Gasteiger charge is -2.24. The molecule has 4 heterocycles. The predicted molar refractivity (Wildman–Crippen MR) is 123 cm³/mol. The Morgan fingerprint density at radius 1 is 1.15 bits per heavy atom. The highest BCUT2D eigenvalue weighted by atomic mass is 16.5. The van der Waals surface area contributed by atoms with Crippen LogP contribution in [0.1, 0.15) is 34.4 Å². The molecule has 0 bridgehead atoms. The van der Waals surface area contributed by atoms with Crippen molar-refractivity contribution in [3.8, 4) is 16.9 Å². The number of methoxy groups -OCH3 is 1. The first-order valence-electron chi connectivity index (χ1n) is 10.8. The van der Waals surface area contributed by atoms with E-state index in [0.717, 1.165) is 51.1 Å². The van der Waals surface area contributed by atoms with Crippen LogP contribution in [0.3, 0.4) is 0 Å². The Balaban J connectivity index is 1.58. The minimum atomic E-state index is -0.473. The van der Waals surface area contributed by atoms with Gasteiger partial charge in [-0.3, -0.25) is 9.78 Å². The normalized spacial score (nSPS) is 13.3. The molecule has 0 unspecified atom stereocenters. The zero-order valence-corrected chi connectivity index (χ0v) is 18.7. The van der Waals surface area contributed by atoms with Crippen molar-refractivity contribution in [3.05, 3.63) is 71.4 Å². The number of nitrogens with zero attached hydrogens (tertiary/aromatic N) is 5. The number of pyridine rings is 2. The number of hydrogen-bond donors (Lipinski definition) is 0. The number of carbonyl (C=O) groups is 2. The van der Waals surface area contributed by atoms with Gasteiger partial charge in [-0.25, -0.2) is 14.5 Å². The average molecular weight is 441 g/mol. The average Bonchev–Trinajstić information content (AvgIpc) is 3.20. The Kier molecular flexibility index (Phi) is 5.12. The molecule has 1 aliphatic rings. The highest BCUT2D eigenvalue weighted by Crippen LogP contribution is 2.30. The monoisotopic (exact) mass is 441 g/mol. The molecule has 166 valence electrons. The van der Waals surface area contributed by atoms with Crippen LogP contribution in [0.5, 0.6) is 0 Å². The zero-order chi connectivity index (χ0) is 23.1. The van der Waals surface area contributed by atoms with E-state index in [1.807, 2.05) is 48.3 Å². The first-order chi connectivity index (χ1) is 16.0. The predicted octanol–water partition coefficient (Wildman–Crippen LogP) is 3.35. The number of ether oxygens (including phenoxy) is 1. The van der Waals surface area contributed by atoms with Gasteiger partial charge in [-0.1, -0.05) is 19.1 Å². The summed E-state index contributed by atoms with van der Waals surface area (Å²) in [6.07, 6.45) is 4.62. The van der Waals surface area contributed by atoms with E-state index in [0.29, 0.717) is 13.0 Å². The van der Waals surface area contributed by atoms with Gasteiger partial charge in [0.2, 0.25) is 5.91 Å². The van der Waals surface area contributed by atoms with Crippen LogP contribution < -0.4 is 0 Å². The van der Waals surface area contributed by atoms with Crippen LogP contribution in [0.4, 0.5) is 0 Å². The lowest BCUT2D eigenvalue weighted by molar-refractivity contribution is -0.130. The van der Waals surface area contributed by atoms with Crippen LogP contribution in [0.15, 0.2) is 48.8 Å². The third-order valence-corrected chi connectivity index (χ3v) is 6.07. The van der Waals surface area contributed by atoms with Crippen molar-refractivity contribution < 1.29 is 14.3 Å². The second-order valence-electron chi connectivity index (χ2n) is 8.06. The fourth-order valence-electron chi connectivity index (χ4n) is 4.25. The van der Waals surface area contributed by atoms with Gasteiger partial charge >= 0.3 is 5.97 Å². The molecule has 0 radical (unpaired) electrons. The minimum Gasteiger partial charge on any atom is -0.464 e. The zero-order valence-electron chi connectivity index (χ0n) is 18.7. The molecule has 8 heteroatoms. The van der Waals surface area contributed by atoms with Crippen molar-refractivity contribution in [1.29, 1.82) is 0 Å². The van der Waals surface area contributed by atoms with Crippen LogP contribution in [0.2, 0.25) is 0 Å². The Morgan fingerprint density at radius 3 is 2.73 bits per heavy atom. The van der Waals surface area contributed by atoms with Gasteiger partial charge in [0.25, 0.3) is 0 Å². The van der Waals surface area contributed by atoms with Gasteiger partial charge in [-0.15, -0.1) is 0 Å². The molecule has 4 aromatic rings. The van der Waals surface area contributed by atoms with E-state index >= 15 is 0 Å². The van der Waals surface area contributed by atoms with Crippen molar-refractivity contribution in [3.63, 3.8) is 0 Å². The molecule has 0 atom stereocenters. The molecule has 5 rings (SSSR count). The van der Waals surface area contributed by atoms with E-state index in [1.54, 1.807) is 17.2 Å². The molecule has 1 aliphatic heterocycles. The Hall–Kier alpha value is -4.07. The van der Waals surface area contributed by atoms with Gasteiger partial charge in [0.15, 0.2) is 0 Å². The number of aryl methyl sites for hydroxylation is 1. The maximum absolute atomic E-state index is 12.3. The second-order valence-corrected chi connectivity index (χ2v) is 8.06. The quantitative estimate of drug-likeness (QED) is 0.451. The number of esters is 1. The van der Waals surface area contributed by atoms with Crippen LogP contribution in [0.25, 0.3) is 27.7 Å². The number of likely N-dealkylation sites (N-methyl/N-ethyl adjacent to an activating group) is 1. The van der Waals surface area contributed by atoms with Crippen molar-refractivity contribution >= 4 is 22.6 Å². The molecule has 8 nitrogen and oxygen atoms in total. The fourth-order valence-corrected chi connectivity index (χ4v) is 4.25. The van der Waals surface area contributed by atoms with Crippen molar-refractivity contribution in [2.24, 2.45) is 0 Å². The first-order valence-corrected chi connectivity index (χ1v) is 10.8. The molecule has 33 heavy (non-hydrogen) atoms. The summed E-state index contributed by atoms with van der Waals surface area (Å²) in [7, 11) is 3.15. The molecule has 0 fully saturated rings. The molecule has 3 aromatic heterocycles. The summed E-state index contributed by atoms with van der Waals surface area (Å²) >= 11 is 0. The lowest BCUT2D eigenvalue weighted by Crippen LogP contribution is -2.33. The van der Waals surface area contributed by atoms with Gasteiger partial charge in [-0.05, 0) is 36.1 Å². The number of fused-ring (bicyclic) bond motifs is 2. The van der Waals surface area contributed by atoms with Crippen molar-refractivity contribution in [2.75, 3.05) is 14.2 Å². The minimum absolute atomic E-state index is 0.118. The maximum atomic E-state index is 12.3. The molecule has 0 aliphatic carbocycles. The SMILES string of the molecule is CCc1nn(-c2cccc3cc(-c4ccc(C(=O)OC)nc4)ncc23)c2c1CC(=O)N(C)C2. The van der Waals surface area contributed by atoms with Gasteiger partial charge in [0.1, 0.15) is 5.69 Å². The second kappa shape index (κ2) is 8.12. The molecule has 0 saturated heterocycles. The van der Waals surface area contributed by atoms with Crippen molar-refractivity contribution in [1.82, 2.24) is 24.6 Å². The summed E-state index contributed by atoms with van der Waals surface area (Å²) in [5, 5.41) is 6.85. The lowest BCUT2D eigenvalue weighted by atomic mass is 10.0. The molecule has 1 aromatic carbocycles. The Morgan fingerprint density at radius 2 is 2.00 bits per heavy atom. The van der Waals surface area contributed by atoms with Crippen LogP contribution >= 0.6 is 0 Å². The fraction of sp³-hybridized carbons (Fsp3) is 0.240. The smallest absolute Gasteiger partial charge is 0.356 e. The summed E-state index contributed by atoms with van der Waals surface area (Å²) in [5.41, 5.74) is 5.80. The van der Waals surface area contributed by atoms with Gasteiger partial charge in [0, 0.05) is 36.0 Å². The number of aromatic nitrogens is 4. The van der Waals surface area contributed by atoms with E-state index in [1.165, 1.54) is 7.11 Å². The summed E-state index contributed by atoms with van der Waals surface area (Å²) in [6.45, 7) is 2.59. The van der Waals surface area contributed by atoms with E-state index < -0.39 is 5.97 Å². The number of amides is 1. The summed E-state index contributed by atoms with van der Waals surface area (Å²) in [6, 6.07) is 11.5. The van der Waals surface area contributed by atoms with Gasteiger partial charge in [-0.2, -0.15) is 5.10 Å². The highest BCUT2D eigenvalue weighted by Gasteiger charge is 2.28. The molecule has 1 amide bonds.